The molecule has 7 heteroatoms. The summed E-state index contributed by atoms with van der Waals surface area (Å²) in [4.78, 5) is 14.7. The Bertz CT molecular complexity index is 986. The molecule has 1 fully saturated rings. The Morgan fingerprint density at radius 2 is 1.88 bits per heavy atom. The first-order valence-electron chi connectivity index (χ1n) is 11.7. The molecule has 1 amide bonds. The van der Waals surface area contributed by atoms with E-state index in [1.165, 1.54) is 18.4 Å². The Balaban J connectivity index is 1.64. The maximum atomic E-state index is 13.7. The number of hydrogen-bond acceptors (Lipinski definition) is 5. The fourth-order valence-corrected chi connectivity index (χ4v) is 4.54. The molecule has 1 saturated heterocycles. The predicted molar refractivity (Wildman–Crippen MR) is 125 cm³/mol. The highest BCUT2D eigenvalue weighted by atomic mass is 19.1. The molecule has 0 aliphatic carbocycles. The summed E-state index contributed by atoms with van der Waals surface area (Å²) in [6.45, 7) is 6.69. The summed E-state index contributed by atoms with van der Waals surface area (Å²) in [6, 6.07) is 16.7. The Labute approximate surface area is 200 Å². The van der Waals surface area contributed by atoms with Gasteiger partial charge in [0.2, 0.25) is 6.79 Å². The van der Waals surface area contributed by atoms with Crippen LogP contribution in [0.3, 0.4) is 0 Å². The van der Waals surface area contributed by atoms with Gasteiger partial charge in [0.1, 0.15) is 17.5 Å². The number of benzene rings is 2. The fourth-order valence-electron chi connectivity index (χ4n) is 4.54. The zero-order valence-corrected chi connectivity index (χ0v) is 19.9. The van der Waals surface area contributed by atoms with Crippen LogP contribution in [-0.4, -0.2) is 42.6 Å². The molecule has 3 atom stereocenters. The Morgan fingerprint density at radius 1 is 1.15 bits per heavy atom. The smallest absolute Gasteiger partial charge is 0.410 e. The van der Waals surface area contributed by atoms with Crippen LogP contribution in [0.4, 0.5) is 9.18 Å². The van der Waals surface area contributed by atoms with E-state index in [2.05, 4.69) is 12.1 Å². The minimum atomic E-state index is -0.583. The summed E-state index contributed by atoms with van der Waals surface area (Å²) in [7, 11) is 0. The molecule has 0 aromatic heterocycles. The highest BCUT2D eigenvalue weighted by Crippen LogP contribution is 2.38. The number of nitrogens with zero attached hydrogens (tertiary/aromatic N) is 1. The van der Waals surface area contributed by atoms with Crippen LogP contribution < -0.4 is 0 Å². The normalized spacial score (nSPS) is 21.2. The van der Waals surface area contributed by atoms with Crippen LogP contribution in [0.1, 0.15) is 44.2 Å². The van der Waals surface area contributed by atoms with Gasteiger partial charge >= 0.3 is 12.0 Å². The minimum absolute atomic E-state index is 0.0657. The molecule has 0 saturated carbocycles. The molecule has 2 aromatic carbocycles. The van der Waals surface area contributed by atoms with Gasteiger partial charge in [0.15, 0.2) is 6.26 Å². The lowest BCUT2D eigenvalue weighted by molar-refractivity contribution is -0.0572. The number of carbonyl (C=O) groups excluding carboxylic acids is 1. The largest absolute Gasteiger partial charge is 0.459 e. The molecule has 3 unspecified atom stereocenters. The second-order valence-corrected chi connectivity index (χ2v) is 9.75. The van der Waals surface area contributed by atoms with Gasteiger partial charge in [-0.1, -0.05) is 42.5 Å². The first-order valence-corrected chi connectivity index (χ1v) is 11.7. The van der Waals surface area contributed by atoms with Crippen LogP contribution in [-0.2, 0) is 25.4 Å². The number of ether oxygens (including phenoxy) is 4. The Morgan fingerprint density at radius 3 is 2.53 bits per heavy atom. The number of rotatable bonds is 6. The van der Waals surface area contributed by atoms with Crippen molar-refractivity contribution in [2.45, 2.75) is 51.2 Å². The van der Waals surface area contributed by atoms with Crippen molar-refractivity contribution in [2.24, 2.45) is 5.92 Å². The molecule has 0 bridgehead atoms. The van der Waals surface area contributed by atoms with Crippen molar-refractivity contribution < 1.29 is 28.1 Å². The van der Waals surface area contributed by atoms with Gasteiger partial charge in [0, 0.05) is 25.4 Å². The minimum Gasteiger partial charge on any atom is -0.459 e. The third-order valence-electron chi connectivity index (χ3n) is 6.08. The Hall–Kier alpha value is -3.22. The van der Waals surface area contributed by atoms with E-state index in [4.69, 9.17) is 18.9 Å². The lowest BCUT2D eigenvalue weighted by atomic mass is 9.76. The number of piperidine rings is 1. The SMILES string of the molecule is CC(C)(C)OC(=O)N1CCC(c2ccc(F)cc2)C(C(Cc2ccccc2)OC2=COCO2)C1. The Kier molecular flexibility index (Phi) is 7.29. The molecule has 2 aromatic rings. The monoisotopic (exact) mass is 469 g/mol. The van der Waals surface area contributed by atoms with Crippen molar-refractivity contribution in [1.29, 1.82) is 0 Å². The zero-order valence-electron chi connectivity index (χ0n) is 19.9. The number of halogens is 1. The topological polar surface area (TPSA) is 57.2 Å². The lowest BCUT2D eigenvalue weighted by Gasteiger charge is -2.42. The van der Waals surface area contributed by atoms with Crippen molar-refractivity contribution in [3.63, 3.8) is 0 Å². The third kappa shape index (κ3) is 6.22. The van der Waals surface area contributed by atoms with Crippen LogP contribution in [0.15, 0.2) is 66.8 Å². The van der Waals surface area contributed by atoms with E-state index >= 15 is 0 Å². The zero-order chi connectivity index (χ0) is 24.1. The summed E-state index contributed by atoms with van der Waals surface area (Å²) in [5, 5.41) is 0. The second-order valence-electron chi connectivity index (χ2n) is 9.75. The molecule has 2 aliphatic heterocycles. The van der Waals surface area contributed by atoms with Gasteiger partial charge in [-0.3, -0.25) is 0 Å². The quantitative estimate of drug-likeness (QED) is 0.551. The van der Waals surface area contributed by atoms with E-state index in [0.717, 1.165) is 11.1 Å². The summed E-state index contributed by atoms with van der Waals surface area (Å²) >= 11 is 0. The van der Waals surface area contributed by atoms with Gasteiger partial charge < -0.3 is 23.8 Å². The second kappa shape index (κ2) is 10.4. The van der Waals surface area contributed by atoms with Crippen molar-refractivity contribution >= 4 is 6.09 Å². The lowest BCUT2D eigenvalue weighted by Crippen LogP contribution is -2.49. The van der Waals surface area contributed by atoms with Crippen molar-refractivity contribution in [2.75, 3.05) is 19.9 Å². The molecular weight excluding hydrogens is 437 g/mol. The van der Waals surface area contributed by atoms with Crippen molar-refractivity contribution in [1.82, 2.24) is 4.90 Å². The van der Waals surface area contributed by atoms with E-state index < -0.39 is 5.60 Å². The average molecular weight is 470 g/mol. The molecule has 0 N–H and O–H groups in total. The molecule has 182 valence electrons. The van der Waals surface area contributed by atoms with Crippen molar-refractivity contribution in [3.05, 3.63) is 83.7 Å². The average Bonchev–Trinajstić information content (AvgIpc) is 3.32. The van der Waals surface area contributed by atoms with E-state index in [9.17, 15) is 9.18 Å². The molecule has 0 spiro atoms. The molecule has 2 heterocycles. The van der Waals surface area contributed by atoms with Gasteiger partial charge in [-0.05, 0) is 56.4 Å². The van der Waals surface area contributed by atoms with Gasteiger partial charge in [0.05, 0.1) is 0 Å². The number of amides is 1. The van der Waals surface area contributed by atoms with E-state index in [-0.39, 0.29) is 36.6 Å². The first kappa shape index (κ1) is 23.9. The van der Waals surface area contributed by atoms with Crippen LogP contribution >= 0.6 is 0 Å². The van der Waals surface area contributed by atoms with Crippen LogP contribution in [0.5, 0.6) is 0 Å². The van der Waals surface area contributed by atoms with E-state index in [1.54, 1.807) is 4.90 Å². The summed E-state index contributed by atoms with van der Waals surface area (Å²) in [6.07, 6.45) is 2.15. The number of carbonyl (C=O) groups is 1. The summed E-state index contributed by atoms with van der Waals surface area (Å²) < 4.78 is 36.3. The standard InChI is InChI=1S/C27H32FNO5/c1-27(2,3)34-26(30)29-14-13-22(20-9-11-21(28)12-10-20)23(16-29)24(33-25-17-31-18-32-25)15-19-7-5-4-6-8-19/h4-12,17,22-24H,13-16,18H2,1-3H3. The molecule has 4 rings (SSSR count). The third-order valence-corrected chi connectivity index (χ3v) is 6.08. The maximum absolute atomic E-state index is 13.7. The predicted octanol–water partition coefficient (Wildman–Crippen LogP) is 5.60. The summed E-state index contributed by atoms with van der Waals surface area (Å²) in [5.74, 6) is 0.0337. The number of hydrogen-bond donors (Lipinski definition) is 0. The van der Waals surface area contributed by atoms with E-state index in [1.807, 2.05) is 51.1 Å². The van der Waals surface area contributed by atoms with Crippen LogP contribution in [0, 0.1) is 11.7 Å². The molecule has 34 heavy (non-hydrogen) atoms. The molecule has 2 aliphatic rings. The first-order chi connectivity index (χ1) is 16.3. The highest BCUT2D eigenvalue weighted by molar-refractivity contribution is 5.68. The van der Waals surface area contributed by atoms with Crippen LogP contribution in [0.2, 0.25) is 0 Å². The van der Waals surface area contributed by atoms with Crippen molar-refractivity contribution in [3.8, 4) is 0 Å². The van der Waals surface area contributed by atoms with E-state index in [0.29, 0.717) is 31.9 Å². The van der Waals surface area contributed by atoms with Crippen LogP contribution in [0.25, 0.3) is 0 Å². The molecular formula is C27H32FNO5. The van der Waals surface area contributed by atoms with Gasteiger partial charge in [-0.2, -0.15) is 0 Å². The van der Waals surface area contributed by atoms with Gasteiger partial charge in [-0.15, -0.1) is 0 Å². The summed E-state index contributed by atoms with van der Waals surface area (Å²) in [5.41, 5.74) is 1.55. The number of likely N-dealkylation sites (tertiary alicyclic amines) is 1. The maximum Gasteiger partial charge on any atom is 0.410 e. The van der Waals surface area contributed by atoms with Gasteiger partial charge in [0.25, 0.3) is 0 Å². The van der Waals surface area contributed by atoms with Gasteiger partial charge in [-0.25, -0.2) is 9.18 Å². The molecule has 6 nitrogen and oxygen atoms in total. The fraction of sp³-hybridized carbons (Fsp3) is 0.444. The highest BCUT2D eigenvalue weighted by Gasteiger charge is 2.40. The molecule has 0 radical (unpaired) electrons.